The molecular formula is C35H45N3O5Si. The van der Waals surface area contributed by atoms with Gasteiger partial charge in [-0.05, 0) is 98.2 Å². The molecule has 1 saturated heterocycles. The summed E-state index contributed by atoms with van der Waals surface area (Å²) in [7, 11) is 0.903. The Morgan fingerprint density at radius 1 is 0.932 bits per heavy atom. The highest BCUT2D eigenvalue weighted by Gasteiger charge is 2.39. The summed E-state index contributed by atoms with van der Waals surface area (Å²) in [6, 6.07) is 19.9. The maximum Gasteiger partial charge on any atom is 0.341 e. The molecule has 1 aliphatic rings. The number of hydrogen-bond donors (Lipinski definition) is 0. The quantitative estimate of drug-likeness (QED) is 0.129. The van der Waals surface area contributed by atoms with E-state index in [1.807, 2.05) is 36.4 Å². The van der Waals surface area contributed by atoms with Crippen LogP contribution in [0.1, 0.15) is 49.5 Å². The molecule has 44 heavy (non-hydrogen) atoms. The van der Waals surface area contributed by atoms with E-state index in [1.165, 1.54) is 33.0 Å². The summed E-state index contributed by atoms with van der Waals surface area (Å²) in [6.07, 6.45) is 2.56. The van der Waals surface area contributed by atoms with Crippen LogP contribution in [-0.4, -0.2) is 69.2 Å². The molecule has 3 aromatic carbocycles. The van der Waals surface area contributed by atoms with E-state index in [2.05, 4.69) is 61.5 Å². The molecule has 1 fully saturated rings. The van der Waals surface area contributed by atoms with E-state index in [9.17, 15) is 4.79 Å². The van der Waals surface area contributed by atoms with Crippen molar-refractivity contribution >= 4 is 25.3 Å². The summed E-state index contributed by atoms with van der Waals surface area (Å²) in [5.74, 6) is 2.57. The molecule has 9 heteroatoms. The molecule has 0 atom stereocenters. The Hall–Kier alpha value is -3.82. The fraction of sp³-hybridized carbons (Fsp3) is 0.429. The highest BCUT2D eigenvalue weighted by atomic mass is 28.4. The number of carbonyl (C=O) groups is 1. The summed E-state index contributed by atoms with van der Waals surface area (Å²) in [5, 5.41) is 0.0835. The van der Waals surface area contributed by atoms with E-state index in [0.717, 1.165) is 46.0 Å². The van der Waals surface area contributed by atoms with Crippen LogP contribution < -0.4 is 13.9 Å². The van der Waals surface area contributed by atoms with Gasteiger partial charge in [-0.3, -0.25) is 4.90 Å². The molecule has 0 spiro atoms. The largest absolute Gasteiger partial charge is 0.543 e. The number of benzene rings is 3. The minimum absolute atomic E-state index is 0.0835. The first-order valence-corrected chi connectivity index (χ1v) is 18.3. The Morgan fingerprint density at radius 3 is 2.30 bits per heavy atom. The lowest BCUT2D eigenvalue weighted by molar-refractivity contribution is 0.0597. The molecule has 0 radical (unpaired) electrons. The zero-order valence-electron chi connectivity index (χ0n) is 27.1. The zero-order chi connectivity index (χ0) is 31.5. The molecule has 0 unspecified atom stereocenters. The van der Waals surface area contributed by atoms with Crippen LogP contribution in [0.4, 0.5) is 0 Å². The van der Waals surface area contributed by atoms with Gasteiger partial charge in [-0.2, -0.15) is 0 Å². The van der Waals surface area contributed by atoms with Crippen molar-refractivity contribution in [2.75, 3.05) is 40.5 Å². The number of hydrogen-bond acceptors (Lipinski definition) is 7. The van der Waals surface area contributed by atoms with Gasteiger partial charge in [0, 0.05) is 24.7 Å². The van der Waals surface area contributed by atoms with Gasteiger partial charge in [0.1, 0.15) is 35.2 Å². The lowest BCUT2D eigenvalue weighted by atomic mass is 10.1. The number of methoxy groups -OCH3 is 2. The second-order valence-corrected chi connectivity index (χ2v) is 17.7. The number of imidazole rings is 1. The highest BCUT2D eigenvalue weighted by molar-refractivity contribution is 6.74. The van der Waals surface area contributed by atoms with Crippen LogP contribution in [0, 0.1) is 0 Å². The van der Waals surface area contributed by atoms with Crippen molar-refractivity contribution in [1.29, 1.82) is 0 Å². The highest BCUT2D eigenvalue weighted by Crippen LogP contribution is 2.38. The first-order valence-electron chi connectivity index (χ1n) is 15.4. The summed E-state index contributed by atoms with van der Waals surface area (Å²) >= 11 is 0. The van der Waals surface area contributed by atoms with Crippen molar-refractivity contribution in [3.8, 4) is 28.6 Å². The number of fused-ring (bicyclic) bond motifs is 1. The second kappa shape index (κ2) is 13.0. The first-order chi connectivity index (χ1) is 21.0. The Bertz CT molecular complexity index is 1600. The van der Waals surface area contributed by atoms with Gasteiger partial charge in [-0.15, -0.1) is 0 Å². The normalized spacial score (nSPS) is 14.2. The third kappa shape index (κ3) is 6.94. The maximum absolute atomic E-state index is 12.2. The molecule has 0 aliphatic carbocycles. The maximum atomic E-state index is 12.2. The molecule has 234 valence electrons. The smallest absolute Gasteiger partial charge is 0.341 e. The molecule has 0 N–H and O–H groups in total. The van der Waals surface area contributed by atoms with Crippen LogP contribution >= 0.6 is 0 Å². The van der Waals surface area contributed by atoms with Gasteiger partial charge >= 0.3 is 5.97 Å². The van der Waals surface area contributed by atoms with Gasteiger partial charge < -0.3 is 23.2 Å². The molecule has 0 saturated carbocycles. The van der Waals surface area contributed by atoms with E-state index < -0.39 is 14.3 Å². The second-order valence-electron chi connectivity index (χ2n) is 13.0. The van der Waals surface area contributed by atoms with Gasteiger partial charge in [0.05, 0.1) is 25.3 Å². The van der Waals surface area contributed by atoms with Gasteiger partial charge in [0.2, 0.25) is 8.32 Å². The SMILES string of the molecule is COC(=O)c1ccc(Cn2c(-c3ccc(OCCN4CCCC4)cc3)nc3cc(O[Si](C)(C)C(C)(C)C)ccc32)cc1OC. The number of ether oxygens (including phenoxy) is 3. The van der Waals surface area contributed by atoms with Crippen molar-refractivity contribution in [1.82, 2.24) is 14.5 Å². The van der Waals surface area contributed by atoms with Crippen LogP contribution in [0.15, 0.2) is 60.7 Å². The van der Waals surface area contributed by atoms with Crippen LogP contribution in [0.2, 0.25) is 18.1 Å². The summed E-state index contributed by atoms with van der Waals surface area (Å²) in [4.78, 5) is 19.8. The number of nitrogens with zero attached hydrogens (tertiary/aromatic N) is 3. The molecule has 0 bridgehead atoms. The van der Waals surface area contributed by atoms with Crippen LogP contribution in [-0.2, 0) is 11.3 Å². The van der Waals surface area contributed by atoms with E-state index in [4.69, 9.17) is 23.6 Å². The number of carbonyl (C=O) groups excluding carboxylic acids is 1. The average molecular weight is 616 g/mol. The Kier molecular flexibility index (Phi) is 9.36. The number of esters is 1. The first kappa shape index (κ1) is 31.6. The molecule has 8 nitrogen and oxygen atoms in total. The van der Waals surface area contributed by atoms with E-state index in [-0.39, 0.29) is 5.04 Å². The van der Waals surface area contributed by atoms with Gasteiger partial charge in [0.25, 0.3) is 0 Å². The zero-order valence-corrected chi connectivity index (χ0v) is 28.1. The van der Waals surface area contributed by atoms with Crippen molar-refractivity contribution in [3.05, 3.63) is 71.8 Å². The lowest BCUT2D eigenvalue weighted by Crippen LogP contribution is -2.43. The number of likely N-dealkylation sites (tertiary alicyclic amines) is 1. The standard InChI is InChI=1S/C35H45N3O5Si/c1-35(2,3)44(6,7)43-28-15-17-31-30(23-28)36-33(26-11-13-27(14-12-26)42-21-20-37-18-8-9-19-37)38(31)24-25-10-16-29(34(39)41-5)32(22-25)40-4/h10-17,22-23H,8-9,18-21,24H2,1-7H3. The fourth-order valence-electron chi connectivity index (χ4n) is 5.30. The van der Waals surface area contributed by atoms with Crippen molar-refractivity contribution in [2.45, 2.75) is 58.3 Å². The van der Waals surface area contributed by atoms with E-state index >= 15 is 0 Å². The minimum atomic E-state index is -2.02. The van der Waals surface area contributed by atoms with Crippen molar-refractivity contribution in [3.63, 3.8) is 0 Å². The monoisotopic (exact) mass is 615 g/mol. The predicted molar refractivity (Wildman–Crippen MR) is 178 cm³/mol. The molecule has 5 rings (SSSR count). The molecule has 4 aromatic rings. The van der Waals surface area contributed by atoms with Gasteiger partial charge in [-0.25, -0.2) is 9.78 Å². The van der Waals surface area contributed by atoms with Crippen molar-refractivity contribution in [2.24, 2.45) is 0 Å². The van der Waals surface area contributed by atoms with Crippen LogP contribution in [0.5, 0.6) is 17.2 Å². The Labute approximate surface area is 262 Å². The average Bonchev–Trinajstić information content (AvgIpc) is 3.64. The van der Waals surface area contributed by atoms with Crippen molar-refractivity contribution < 1.29 is 23.4 Å². The number of rotatable bonds is 11. The van der Waals surface area contributed by atoms with E-state index in [0.29, 0.717) is 24.5 Å². The van der Waals surface area contributed by atoms with Crippen LogP contribution in [0.3, 0.4) is 0 Å². The minimum Gasteiger partial charge on any atom is -0.543 e. The molecule has 1 aromatic heterocycles. The molecule has 2 heterocycles. The predicted octanol–water partition coefficient (Wildman–Crippen LogP) is 7.41. The summed E-state index contributed by atoms with van der Waals surface area (Å²) < 4.78 is 25.4. The number of aromatic nitrogens is 2. The third-order valence-corrected chi connectivity index (χ3v) is 13.3. The van der Waals surface area contributed by atoms with Gasteiger partial charge in [0.15, 0.2) is 0 Å². The molecular weight excluding hydrogens is 570 g/mol. The van der Waals surface area contributed by atoms with Crippen LogP contribution in [0.25, 0.3) is 22.4 Å². The Balaban J connectivity index is 1.48. The Morgan fingerprint density at radius 2 is 1.64 bits per heavy atom. The molecule has 1 aliphatic heterocycles. The van der Waals surface area contributed by atoms with E-state index in [1.54, 1.807) is 13.2 Å². The summed E-state index contributed by atoms with van der Waals surface area (Å²) in [6.45, 7) is 15.7. The molecule has 0 amide bonds. The fourth-order valence-corrected chi connectivity index (χ4v) is 6.32. The lowest BCUT2D eigenvalue weighted by Gasteiger charge is -2.36. The third-order valence-electron chi connectivity index (χ3n) is 8.90. The van der Waals surface area contributed by atoms with Gasteiger partial charge in [-0.1, -0.05) is 26.8 Å². The summed E-state index contributed by atoms with van der Waals surface area (Å²) in [5.41, 5.74) is 4.20. The topological polar surface area (TPSA) is 75.1 Å².